The van der Waals surface area contributed by atoms with Crippen molar-refractivity contribution >= 4 is 11.9 Å². The number of hydrogen-bond donors (Lipinski definition) is 1. The van der Waals surface area contributed by atoms with Crippen LogP contribution in [0.15, 0.2) is 12.2 Å². The fourth-order valence-corrected chi connectivity index (χ4v) is 1.16. The van der Waals surface area contributed by atoms with Crippen LogP contribution in [0.3, 0.4) is 0 Å². The Hall–Kier alpha value is -1.32. The number of allylic oxidation sites excluding steroid dienone is 2. The van der Waals surface area contributed by atoms with Gasteiger partial charge in [0.25, 0.3) is 0 Å². The molecule has 0 saturated heterocycles. The van der Waals surface area contributed by atoms with Gasteiger partial charge in [-0.15, -0.1) is 0 Å². The third-order valence-corrected chi connectivity index (χ3v) is 2.18. The van der Waals surface area contributed by atoms with Gasteiger partial charge in [-0.2, -0.15) is 0 Å². The van der Waals surface area contributed by atoms with E-state index < -0.39 is 17.9 Å². The van der Waals surface area contributed by atoms with E-state index in [1.165, 1.54) is 0 Å². The summed E-state index contributed by atoms with van der Waals surface area (Å²) in [6, 6.07) is 0. The lowest BCUT2D eigenvalue weighted by Gasteiger charge is -2.09. The number of ether oxygens (including phenoxy) is 1. The van der Waals surface area contributed by atoms with E-state index in [1.54, 1.807) is 12.2 Å². The van der Waals surface area contributed by atoms with Gasteiger partial charge in [-0.05, 0) is 19.8 Å². The van der Waals surface area contributed by atoms with Crippen LogP contribution in [0.2, 0.25) is 0 Å². The molecule has 0 aromatic rings. The second-order valence-electron chi connectivity index (χ2n) is 3.62. The van der Waals surface area contributed by atoms with Gasteiger partial charge >= 0.3 is 11.9 Å². The van der Waals surface area contributed by atoms with Gasteiger partial charge < -0.3 is 9.84 Å². The highest BCUT2D eigenvalue weighted by Crippen LogP contribution is 2.11. The monoisotopic (exact) mass is 228 g/mol. The molecule has 16 heavy (non-hydrogen) atoms. The van der Waals surface area contributed by atoms with E-state index in [2.05, 4.69) is 0 Å². The van der Waals surface area contributed by atoms with E-state index in [1.807, 2.05) is 13.8 Å². The summed E-state index contributed by atoms with van der Waals surface area (Å²) in [5.74, 6) is -2.05. The standard InChI is InChI=1S/C12H20O4/c1-3-5-7-10(12(14)15)9-11(13)16-8-6-4-2/h3,5,10H,4,6-9H2,1-2H3,(H,14,15). The van der Waals surface area contributed by atoms with Crippen molar-refractivity contribution in [2.75, 3.05) is 6.61 Å². The number of rotatable bonds is 8. The molecule has 4 nitrogen and oxygen atoms in total. The van der Waals surface area contributed by atoms with Crippen molar-refractivity contribution < 1.29 is 19.4 Å². The van der Waals surface area contributed by atoms with Crippen LogP contribution in [0.5, 0.6) is 0 Å². The predicted molar refractivity (Wildman–Crippen MR) is 61.0 cm³/mol. The molecule has 1 atom stereocenters. The second-order valence-corrected chi connectivity index (χ2v) is 3.62. The van der Waals surface area contributed by atoms with Crippen LogP contribution >= 0.6 is 0 Å². The Morgan fingerprint density at radius 2 is 2.12 bits per heavy atom. The van der Waals surface area contributed by atoms with Gasteiger partial charge in [0.05, 0.1) is 18.9 Å². The fourth-order valence-electron chi connectivity index (χ4n) is 1.16. The molecule has 4 heteroatoms. The minimum absolute atomic E-state index is 0.0522. The number of hydrogen-bond acceptors (Lipinski definition) is 3. The zero-order chi connectivity index (χ0) is 12.4. The number of esters is 1. The van der Waals surface area contributed by atoms with Gasteiger partial charge in [0.1, 0.15) is 0 Å². The molecule has 1 N–H and O–H groups in total. The number of carboxylic acids is 1. The molecular weight excluding hydrogens is 208 g/mol. The van der Waals surface area contributed by atoms with Crippen molar-refractivity contribution in [3.63, 3.8) is 0 Å². The quantitative estimate of drug-likeness (QED) is 0.393. The van der Waals surface area contributed by atoms with E-state index >= 15 is 0 Å². The third kappa shape index (κ3) is 7.04. The van der Waals surface area contributed by atoms with Crippen molar-refractivity contribution in [1.82, 2.24) is 0 Å². The Bertz CT molecular complexity index is 245. The largest absolute Gasteiger partial charge is 0.481 e. The SMILES string of the molecule is CC=CCC(CC(=O)OCCCC)C(=O)O. The zero-order valence-electron chi connectivity index (χ0n) is 9.94. The van der Waals surface area contributed by atoms with E-state index in [4.69, 9.17) is 9.84 Å². The maximum absolute atomic E-state index is 11.3. The summed E-state index contributed by atoms with van der Waals surface area (Å²) < 4.78 is 4.92. The highest BCUT2D eigenvalue weighted by molar-refractivity contribution is 5.78. The first-order valence-corrected chi connectivity index (χ1v) is 5.61. The van der Waals surface area contributed by atoms with Crippen LogP contribution in [-0.2, 0) is 14.3 Å². The average Bonchev–Trinajstić information content (AvgIpc) is 2.24. The zero-order valence-corrected chi connectivity index (χ0v) is 9.94. The summed E-state index contributed by atoms with van der Waals surface area (Å²) in [4.78, 5) is 22.1. The molecule has 0 saturated carbocycles. The molecular formula is C12H20O4. The Balaban J connectivity index is 3.98. The molecule has 0 heterocycles. The first-order valence-electron chi connectivity index (χ1n) is 5.61. The third-order valence-electron chi connectivity index (χ3n) is 2.18. The van der Waals surface area contributed by atoms with Crippen LogP contribution in [0.25, 0.3) is 0 Å². The molecule has 0 amide bonds. The smallest absolute Gasteiger partial charge is 0.307 e. The van der Waals surface area contributed by atoms with Gasteiger partial charge in [-0.25, -0.2) is 0 Å². The van der Waals surface area contributed by atoms with Gasteiger partial charge in [0.15, 0.2) is 0 Å². The second kappa shape index (κ2) is 8.95. The molecule has 1 unspecified atom stereocenters. The minimum atomic E-state index is -0.953. The lowest BCUT2D eigenvalue weighted by atomic mass is 10.0. The van der Waals surface area contributed by atoms with Crippen molar-refractivity contribution in [1.29, 1.82) is 0 Å². The molecule has 0 aliphatic rings. The first kappa shape index (κ1) is 14.7. The average molecular weight is 228 g/mol. The molecule has 0 fully saturated rings. The van der Waals surface area contributed by atoms with Crippen molar-refractivity contribution in [2.45, 2.75) is 39.5 Å². The lowest BCUT2D eigenvalue weighted by molar-refractivity contribution is -0.151. The molecule has 92 valence electrons. The molecule has 0 spiro atoms. The highest BCUT2D eigenvalue weighted by atomic mass is 16.5. The summed E-state index contributed by atoms with van der Waals surface area (Å²) in [6.07, 6.45) is 5.61. The Kier molecular flexibility index (Phi) is 8.21. The van der Waals surface area contributed by atoms with Crippen LogP contribution in [0.1, 0.15) is 39.5 Å². The highest BCUT2D eigenvalue weighted by Gasteiger charge is 2.20. The van der Waals surface area contributed by atoms with Gasteiger partial charge in [0.2, 0.25) is 0 Å². The predicted octanol–water partition coefficient (Wildman–Crippen LogP) is 2.39. The van der Waals surface area contributed by atoms with Crippen LogP contribution in [0, 0.1) is 5.92 Å². The lowest BCUT2D eigenvalue weighted by Crippen LogP contribution is -2.19. The maximum atomic E-state index is 11.3. The van der Waals surface area contributed by atoms with Gasteiger partial charge in [-0.3, -0.25) is 9.59 Å². The Morgan fingerprint density at radius 1 is 1.44 bits per heavy atom. The molecule has 0 rings (SSSR count). The van der Waals surface area contributed by atoms with Gasteiger partial charge in [-0.1, -0.05) is 25.5 Å². The minimum Gasteiger partial charge on any atom is -0.481 e. The molecule has 0 bridgehead atoms. The normalized spacial score (nSPS) is 12.6. The molecule has 0 aliphatic carbocycles. The number of carbonyl (C=O) groups is 2. The Labute approximate surface area is 96.3 Å². The van der Waals surface area contributed by atoms with Gasteiger partial charge in [0, 0.05) is 0 Å². The summed E-state index contributed by atoms with van der Waals surface area (Å²) >= 11 is 0. The summed E-state index contributed by atoms with van der Waals surface area (Å²) in [7, 11) is 0. The molecule has 0 aromatic carbocycles. The van der Waals surface area contributed by atoms with Crippen LogP contribution in [0.4, 0.5) is 0 Å². The topological polar surface area (TPSA) is 63.6 Å². The van der Waals surface area contributed by atoms with E-state index in [0.717, 1.165) is 12.8 Å². The Morgan fingerprint density at radius 3 is 2.62 bits per heavy atom. The van der Waals surface area contributed by atoms with Crippen LogP contribution < -0.4 is 0 Å². The van der Waals surface area contributed by atoms with Crippen LogP contribution in [-0.4, -0.2) is 23.7 Å². The summed E-state index contributed by atoms with van der Waals surface area (Å²) in [6.45, 7) is 4.20. The van der Waals surface area contributed by atoms with Crippen molar-refractivity contribution in [3.05, 3.63) is 12.2 Å². The van der Waals surface area contributed by atoms with E-state index in [-0.39, 0.29) is 6.42 Å². The summed E-state index contributed by atoms with van der Waals surface area (Å²) in [5.41, 5.74) is 0. The first-order chi connectivity index (χ1) is 7.61. The molecule has 0 radical (unpaired) electrons. The number of carboxylic acid groups (broad SMARTS) is 1. The maximum Gasteiger partial charge on any atom is 0.307 e. The number of unbranched alkanes of at least 4 members (excludes halogenated alkanes) is 1. The summed E-state index contributed by atoms with van der Waals surface area (Å²) in [5, 5.41) is 8.88. The fraction of sp³-hybridized carbons (Fsp3) is 0.667. The van der Waals surface area contributed by atoms with E-state index in [0.29, 0.717) is 13.0 Å². The van der Waals surface area contributed by atoms with E-state index in [9.17, 15) is 9.59 Å². The van der Waals surface area contributed by atoms with Crippen molar-refractivity contribution in [2.24, 2.45) is 5.92 Å². The molecule has 0 aliphatic heterocycles. The molecule has 0 aromatic heterocycles. The number of aliphatic carboxylic acids is 1. The van der Waals surface area contributed by atoms with Crippen molar-refractivity contribution in [3.8, 4) is 0 Å². The number of carbonyl (C=O) groups excluding carboxylic acids is 1.